The molecule has 0 unspecified atom stereocenters. The van der Waals surface area contributed by atoms with E-state index in [1.165, 1.54) is 6.07 Å². The average Bonchev–Trinajstić information content (AvgIpc) is 2.93. The number of nitrogens with zero attached hydrogens (tertiary/aromatic N) is 1. The highest BCUT2D eigenvalue weighted by Crippen LogP contribution is 2.25. The van der Waals surface area contributed by atoms with E-state index >= 15 is 0 Å². The van der Waals surface area contributed by atoms with Crippen LogP contribution in [-0.4, -0.2) is 13.4 Å². The number of aromatic nitrogens is 1. The van der Waals surface area contributed by atoms with E-state index in [2.05, 4.69) is 9.71 Å². The summed E-state index contributed by atoms with van der Waals surface area (Å²) in [6.45, 7) is 0.209. The van der Waals surface area contributed by atoms with Gasteiger partial charge in [0.2, 0.25) is 10.0 Å². The van der Waals surface area contributed by atoms with Crippen molar-refractivity contribution < 1.29 is 8.42 Å². The van der Waals surface area contributed by atoms with Gasteiger partial charge in [0.15, 0.2) is 0 Å². The van der Waals surface area contributed by atoms with Gasteiger partial charge in [0.05, 0.1) is 9.85 Å². The van der Waals surface area contributed by atoms with Crippen molar-refractivity contribution in [3.05, 3.63) is 58.6 Å². The Hall–Kier alpha value is -1.47. The molecule has 0 fully saturated rings. The number of pyridine rings is 1. The van der Waals surface area contributed by atoms with Crippen LogP contribution in [0.15, 0.2) is 52.9 Å². The third-order valence-electron chi connectivity index (χ3n) is 3.01. The average molecular weight is 339 g/mol. The fourth-order valence-electron chi connectivity index (χ4n) is 2.00. The molecule has 1 N–H and O–H groups in total. The largest absolute Gasteiger partial charge is 0.256 e. The number of rotatable bonds is 4. The smallest absolute Gasteiger partial charge is 0.250 e. The summed E-state index contributed by atoms with van der Waals surface area (Å²) >= 11 is 6.82. The van der Waals surface area contributed by atoms with Gasteiger partial charge in [0, 0.05) is 18.1 Å². The zero-order valence-corrected chi connectivity index (χ0v) is 13.2. The number of nitrogens with one attached hydrogen (secondary N) is 1. The maximum Gasteiger partial charge on any atom is 0.250 e. The summed E-state index contributed by atoms with van der Waals surface area (Å²) in [6.07, 6.45) is 1.67. The monoisotopic (exact) mass is 338 g/mol. The normalized spacial score (nSPS) is 11.9. The first kappa shape index (κ1) is 14.5. The van der Waals surface area contributed by atoms with E-state index in [1.807, 2.05) is 30.3 Å². The summed E-state index contributed by atoms with van der Waals surface area (Å²) in [7, 11) is -3.54. The Morgan fingerprint density at radius 3 is 2.71 bits per heavy atom. The molecule has 7 heteroatoms. The Morgan fingerprint density at radius 1 is 1.14 bits per heavy atom. The van der Waals surface area contributed by atoms with Crippen LogP contribution in [-0.2, 0) is 16.6 Å². The number of hydrogen-bond acceptors (Lipinski definition) is 4. The predicted molar refractivity (Wildman–Crippen MR) is 85.1 cm³/mol. The number of fused-ring (bicyclic) bond motifs is 1. The Morgan fingerprint density at radius 2 is 1.95 bits per heavy atom. The number of para-hydroxylation sites is 1. The Bertz CT molecular complexity index is 885. The summed E-state index contributed by atoms with van der Waals surface area (Å²) < 4.78 is 27.6. The van der Waals surface area contributed by atoms with Gasteiger partial charge in [-0.25, -0.2) is 13.1 Å². The highest BCUT2D eigenvalue weighted by Gasteiger charge is 2.16. The number of hydrogen-bond donors (Lipinski definition) is 1. The van der Waals surface area contributed by atoms with E-state index in [0.717, 1.165) is 27.8 Å². The molecular formula is C14H11ClN2O2S2. The summed E-state index contributed by atoms with van der Waals surface area (Å²) in [5.41, 5.74) is 1.72. The minimum absolute atomic E-state index is 0.209. The molecule has 21 heavy (non-hydrogen) atoms. The molecule has 0 amide bonds. The van der Waals surface area contributed by atoms with Crippen molar-refractivity contribution in [3.63, 3.8) is 0 Å². The van der Waals surface area contributed by atoms with Crippen LogP contribution < -0.4 is 4.72 Å². The predicted octanol–water partition coefficient (Wildman–Crippen LogP) is 3.43. The fraction of sp³-hybridized carbons (Fsp3) is 0.0714. The molecule has 0 atom stereocenters. The Balaban J connectivity index is 1.87. The lowest BCUT2D eigenvalue weighted by molar-refractivity contribution is 0.583. The van der Waals surface area contributed by atoms with Gasteiger partial charge in [-0.05, 0) is 29.8 Å². The first-order valence-electron chi connectivity index (χ1n) is 6.14. The first-order valence-corrected chi connectivity index (χ1v) is 8.82. The standard InChI is InChI=1S/C14H11ClN2O2S2/c15-13-5-6-14(20-13)21(18,19)17-9-10-7-8-16-12-4-2-1-3-11(10)12/h1-8,17H,9H2. The highest BCUT2D eigenvalue weighted by atomic mass is 35.5. The van der Waals surface area contributed by atoms with Gasteiger partial charge >= 0.3 is 0 Å². The van der Waals surface area contributed by atoms with Crippen LogP contribution >= 0.6 is 22.9 Å². The lowest BCUT2D eigenvalue weighted by Gasteiger charge is -2.07. The van der Waals surface area contributed by atoms with Crippen molar-refractivity contribution in [2.45, 2.75) is 10.8 Å². The van der Waals surface area contributed by atoms with Crippen LogP contribution in [0, 0.1) is 0 Å². The third-order valence-corrected chi connectivity index (χ3v) is 6.13. The van der Waals surface area contributed by atoms with Gasteiger partial charge < -0.3 is 0 Å². The molecule has 0 aliphatic rings. The third kappa shape index (κ3) is 3.08. The molecule has 0 saturated heterocycles. The van der Waals surface area contributed by atoms with Gasteiger partial charge in [0.1, 0.15) is 4.21 Å². The van der Waals surface area contributed by atoms with Gasteiger partial charge in [-0.1, -0.05) is 29.8 Å². The lowest BCUT2D eigenvalue weighted by atomic mass is 10.1. The van der Waals surface area contributed by atoms with Crippen LogP contribution in [0.1, 0.15) is 5.56 Å². The second-order valence-electron chi connectivity index (χ2n) is 4.37. The molecule has 0 saturated carbocycles. The maximum absolute atomic E-state index is 12.2. The molecule has 2 aromatic heterocycles. The molecule has 0 radical (unpaired) electrons. The minimum Gasteiger partial charge on any atom is -0.256 e. The minimum atomic E-state index is -3.54. The molecule has 0 aliphatic heterocycles. The number of thiophene rings is 1. The molecule has 3 rings (SSSR count). The molecule has 1 aromatic carbocycles. The van der Waals surface area contributed by atoms with Crippen LogP contribution in [0.4, 0.5) is 0 Å². The van der Waals surface area contributed by atoms with Crippen molar-refractivity contribution in [3.8, 4) is 0 Å². The fourth-order valence-corrected chi connectivity index (χ4v) is 4.53. The zero-order valence-electron chi connectivity index (χ0n) is 10.8. The summed E-state index contributed by atoms with van der Waals surface area (Å²) in [4.78, 5) is 4.26. The molecule has 0 spiro atoms. The van der Waals surface area contributed by atoms with E-state index in [9.17, 15) is 8.42 Å². The van der Waals surface area contributed by atoms with E-state index in [1.54, 1.807) is 12.3 Å². The second-order valence-corrected chi connectivity index (χ2v) is 8.08. The molecular weight excluding hydrogens is 328 g/mol. The molecule has 4 nitrogen and oxygen atoms in total. The summed E-state index contributed by atoms with van der Waals surface area (Å²) in [6, 6.07) is 12.5. The quantitative estimate of drug-likeness (QED) is 0.792. The Kier molecular flexibility index (Phi) is 3.95. The Labute approximate surface area is 131 Å². The topological polar surface area (TPSA) is 59.1 Å². The molecule has 108 valence electrons. The van der Waals surface area contributed by atoms with E-state index < -0.39 is 10.0 Å². The first-order chi connectivity index (χ1) is 10.1. The second kappa shape index (κ2) is 5.73. The van der Waals surface area contributed by atoms with Gasteiger partial charge in [0.25, 0.3) is 0 Å². The maximum atomic E-state index is 12.2. The SMILES string of the molecule is O=S(=O)(NCc1ccnc2ccccc12)c1ccc(Cl)s1. The number of benzene rings is 1. The highest BCUT2D eigenvalue weighted by molar-refractivity contribution is 7.91. The van der Waals surface area contributed by atoms with Crippen LogP contribution in [0.3, 0.4) is 0 Å². The van der Waals surface area contributed by atoms with Crippen molar-refractivity contribution >= 4 is 43.9 Å². The van der Waals surface area contributed by atoms with Crippen LogP contribution in [0.5, 0.6) is 0 Å². The van der Waals surface area contributed by atoms with Crippen molar-refractivity contribution in [2.75, 3.05) is 0 Å². The van der Waals surface area contributed by atoms with Crippen LogP contribution in [0.25, 0.3) is 10.9 Å². The van der Waals surface area contributed by atoms with Crippen molar-refractivity contribution in [1.82, 2.24) is 9.71 Å². The summed E-state index contributed by atoms with van der Waals surface area (Å²) in [5.74, 6) is 0. The van der Waals surface area contributed by atoms with Gasteiger partial charge in [-0.15, -0.1) is 11.3 Å². The molecule has 3 aromatic rings. The summed E-state index contributed by atoms with van der Waals surface area (Å²) in [5, 5.41) is 0.937. The van der Waals surface area contributed by atoms with Gasteiger partial charge in [-0.2, -0.15) is 0 Å². The van der Waals surface area contributed by atoms with Crippen molar-refractivity contribution in [2.24, 2.45) is 0 Å². The molecule has 2 heterocycles. The number of halogens is 1. The number of sulfonamides is 1. The zero-order chi connectivity index (χ0) is 14.9. The van der Waals surface area contributed by atoms with Crippen molar-refractivity contribution in [1.29, 1.82) is 0 Å². The van der Waals surface area contributed by atoms with E-state index in [0.29, 0.717) is 4.34 Å². The molecule has 0 aliphatic carbocycles. The molecule has 0 bridgehead atoms. The van der Waals surface area contributed by atoms with E-state index in [-0.39, 0.29) is 10.8 Å². The van der Waals surface area contributed by atoms with Crippen LogP contribution in [0.2, 0.25) is 4.34 Å². The van der Waals surface area contributed by atoms with Gasteiger partial charge in [-0.3, -0.25) is 4.98 Å². The lowest BCUT2D eigenvalue weighted by Crippen LogP contribution is -2.22. The van der Waals surface area contributed by atoms with E-state index in [4.69, 9.17) is 11.6 Å².